The Hall–Kier alpha value is -1.17. The molecule has 1 heterocycles. The number of anilines is 1. The lowest BCUT2D eigenvalue weighted by Gasteiger charge is -2.13. The van der Waals surface area contributed by atoms with Crippen molar-refractivity contribution in [3.63, 3.8) is 0 Å². The lowest BCUT2D eigenvalue weighted by Crippen LogP contribution is -2.23. The molecule has 5 nitrogen and oxygen atoms in total. The summed E-state index contributed by atoms with van der Waals surface area (Å²) in [4.78, 5) is 5.95. The number of rotatable bonds is 4. The molecule has 6 heteroatoms. The van der Waals surface area contributed by atoms with Crippen LogP contribution in [0, 0.1) is 5.41 Å². The highest BCUT2D eigenvalue weighted by Crippen LogP contribution is 2.11. The summed E-state index contributed by atoms with van der Waals surface area (Å²) < 4.78 is 3.87. The van der Waals surface area contributed by atoms with E-state index in [4.69, 9.17) is 11.1 Å². The van der Waals surface area contributed by atoms with E-state index in [2.05, 4.69) is 9.36 Å². The van der Waals surface area contributed by atoms with Gasteiger partial charge < -0.3 is 10.6 Å². The molecular weight excluding hydrogens is 174 g/mol. The molecule has 0 amide bonds. The minimum absolute atomic E-state index is 0.200. The molecule has 0 aromatic carbocycles. The van der Waals surface area contributed by atoms with Crippen molar-refractivity contribution < 1.29 is 0 Å². The Kier molecular flexibility index (Phi) is 2.98. The molecule has 0 saturated carbocycles. The molecule has 0 radical (unpaired) electrons. The van der Waals surface area contributed by atoms with Crippen LogP contribution in [-0.2, 0) is 0 Å². The summed E-state index contributed by atoms with van der Waals surface area (Å²) in [5.41, 5.74) is 5.22. The second-order valence-corrected chi connectivity index (χ2v) is 3.18. The first kappa shape index (κ1) is 8.92. The van der Waals surface area contributed by atoms with E-state index in [9.17, 15) is 0 Å². The summed E-state index contributed by atoms with van der Waals surface area (Å²) in [6.07, 6.45) is 2.08. The maximum absolute atomic E-state index is 7.03. The van der Waals surface area contributed by atoms with E-state index in [1.807, 2.05) is 11.9 Å². The van der Waals surface area contributed by atoms with Gasteiger partial charge in [-0.15, -0.1) is 0 Å². The van der Waals surface area contributed by atoms with E-state index in [1.54, 1.807) is 0 Å². The van der Waals surface area contributed by atoms with Crippen LogP contribution in [0.2, 0.25) is 0 Å². The first-order valence-corrected chi connectivity index (χ1v) is 4.28. The van der Waals surface area contributed by atoms with Crippen molar-refractivity contribution in [2.24, 2.45) is 5.73 Å². The largest absolute Gasteiger partial charge is 0.388 e. The molecule has 0 aliphatic rings. The third-order valence-corrected chi connectivity index (χ3v) is 2.17. The summed E-state index contributed by atoms with van der Waals surface area (Å²) in [5, 5.41) is 7.89. The maximum Gasteiger partial charge on any atom is 0.204 e. The third-order valence-electron chi connectivity index (χ3n) is 1.39. The molecule has 1 aromatic rings. The molecule has 0 saturated heterocycles. The fraction of sp³-hybridized carbons (Fsp3) is 0.500. The zero-order valence-electron chi connectivity index (χ0n) is 6.82. The van der Waals surface area contributed by atoms with Crippen molar-refractivity contribution >= 4 is 22.5 Å². The number of hydrogen-bond acceptors (Lipinski definition) is 5. The van der Waals surface area contributed by atoms with Crippen molar-refractivity contribution in [1.82, 2.24) is 9.36 Å². The molecule has 0 aliphatic heterocycles. The number of nitrogens with zero attached hydrogens (tertiary/aromatic N) is 3. The molecule has 3 N–H and O–H groups in total. The molecule has 0 fully saturated rings. The summed E-state index contributed by atoms with van der Waals surface area (Å²) in [6.45, 7) is 0.713. The summed E-state index contributed by atoms with van der Waals surface area (Å²) in [7, 11) is 1.91. The van der Waals surface area contributed by atoms with Crippen LogP contribution in [0.4, 0.5) is 5.13 Å². The average Bonchev–Trinajstić information content (AvgIpc) is 2.51. The van der Waals surface area contributed by atoms with Gasteiger partial charge in [-0.25, -0.2) is 4.98 Å². The predicted octanol–water partition coefficient (Wildman–Crippen LogP) is 0.300. The molecular formula is C6H11N5S. The van der Waals surface area contributed by atoms with Crippen LogP contribution in [0.3, 0.4) is 0 Å². The van der Waals surface area contributed by atoms with Crippen molar-refractivity contribution in [2.45, 2.75) is 6.42 Å². The smallest absolute Gasteiger partial charge is 0.204 e. The fourth-order valence-corrected chi connectivity index (χ4v) is 1.23. The molecule has 0 spiro atoms. The second-order valence-electron chi connectivity index (χ2n) is 2.42. The first-order chi connectivity index (χ1) is 5.70. The number of nitrogens with two attached hydrogens (primary N) is 1. The lowest BCUT2D eigenvalue weighted by atomic mass is 10.4. The van der Waals surface area contributed by atoms with E-state index in [-0.39, 0.29) is 5.84 Å². The van der Waals surface area contributed by atoms with Crippen molar-refractivity contribution in [3.8, 4) is 0 Å². The van der Waals surface area contributed by atoms with E-state index in [0.717, 1.165) is 5.13 Å². The van der Waals surface area contributed by atoms with E-state index >= 15 is 0 Å². The Morgan fingerprint density at radius 2 is 2.58 bits per heavy atom. The van der Waals surface area contributed by atoms with Crippen molar-refractivity contribution in [1.29, 1.82) is 5.41 Å². The SMILES string of the molecule is CN(CCC(=N)N)c1ncns1. The quantitative estimate of drug-likeness (QED) is 0.522. The monoisotopic (exact) mass is 185 g/mol. The highest BCUT2D eigenvalue weighted by molar-refractivity contribution is 7.09. The van der Waals surface area contributed by atoms with Gasteiger partial charge in [0.25, 0.3) is 0 Å². The van der Waals surface area contributed by atoms with E-state index < -0.39 is 0 Å². The number of amidine groups is 1. The summed E-state index contributed by atoms with van der Waals surface area (Å²) in [6, 6.07) is 0. The molecule has 1 rings (SSSR count). The van der Waals surface area contributed by atoms with Gasteiger partial charge in [-0.05, 0) is 0 Å². The highest BCUT2D eigenvalue weighted by Gasteiger charge is 2.03. The Labute approximate surface area is 74.9 Å². The van der Waals surface area contributed by atoms with Crippen molar-refractivity contribution in [2.75, 3.05) is 18.5 Å². The molecule has 66 valence electrons. The molecule has 0 unspecified atom stereocenters. The van der Waals surface area contributed by atoms with Crippen LogP contribution in [-0.4, -0.2) is 28.8 Å². The van der Waals surface area contributed by atoms with Crippen LogP contribution >= 0.6 is 11.5 Å². The lowest BCUT2D eigenvalue weighted by molar-refractivity contribution is 0.904. The zero-order chi connectivity index (χ0) is 8.97. The standard InChI is InChI=1S/C6H11N5S/c1-11(3-2-5(7)8)6-9-4-10-12-6/h4H,2-3H2,1H3,(H3,7,8). The maximum atomic E-state index is 7.03. The van der Waals surface area contributed by atoms with Gasteiger partial charge in [0.1, 0.15) is 6.33 Å². The predicted molar refractivity (Wildman–Crippen MR) is 49.7 cm³/mol. The first-order valence-electron chi connectivity index (χ1n) is 3.51. The highest BCUT2D eigenvalue weighted by atomic mass is 32.1. The Morgan fingerprint density at radius 1 is 1.83 bits per heavy atom. The van der Waals surface area contributed by atoms with Crippen LogP contribution < -0.4 is 10.6 Å². The number of aromatic nitrogens is 2. The van der Waals surface area contributed by atoms with Crippen LogP contribution in [0.25, 0.3) is 0 Å². The van der Waals surface area contributed by atoms with Gasteiger partial charge in [-0.2, -0.15) is 4.37 Å². The molecule has 12 heavy (non-hydrogen) atoms. The molecule has 0 bridgehead atoms. The fourth-order valence-electron chi connectivity index (χ4n) is 0.719. The van der Waals surface area contributed by atoms with Gasteiger partial charge in [0.05, 0.1) is 5.84 Å². The average molecular weight is 185 g/mol. The summed E-state index contributed by atoms with van der Waals surface area (Å²) in [5.74, 6) is 0.200. The van der Waals surface area contributed by atoms with Crippen LogP contribution in [0.5, 0.6) is 0 Å². The van der Waals surface area contributed by atoms with Gasteiger partial charge in [0.15, 0.2) is 0 Å². The van der Waals surface area contributed by atoms with Gasteiger partial charge in [0, 0.05) is 31.5 Å². The van der Waals surface area contributed by atoms with E-state index in [0.29, 0.717) is 13.0 Å². The van der Waals surface area contributed by atoms with Crippen LogP contribution in [0.1, 0.15) is 6.42 Å². The van der Waals surface area contributed by atoms with Gasteiger partial charge >= 0.3 is 0 Å². The van der Waals surface area contributed by atoms with E-state index in [1.165, 1.54) is 17.9 Å². The molecule has 0 atom stereocenters. The Morgan fingerprint density at radius 3 is 3.08 bits per heavy atom. The number of hydrogen-bond donors (Lipinski definition) is 2. The van der Waals surface area contributed by atoms with Gasteiger partial charge in [-0.3, -0.25) is 5.41 Å². The molecule has 1 aromatic heterocycles. The molecule has 0 aliphatic carbocycles. The van der Waals surface area contributed by atoms with Crippen LogP contribution in [0.15, 0.2) is 6.33 Å². The normalized spacial score (nSPS) is 9.75. The number of nitrogens with one attached hydrogen (secondary N) is 1. The van der Waals surface area contributed by atoms with Gasteiger partial charge in [0.2, 0.25) is 5.13 Å². The van der Waals surface area contributed by atoms with Gasteiger partial charge in [-0.1, -0.05) is 0 Å². The van der Waals surface area contributed by atoms with Crippen molar-refractivity contribution in [3.05, 3.63) is 6.33 Å². The Bertz CT molecular complexity index is 244. The minimum Gasteiger partial charge on any atom is -0.388 e. The summed E-state index contributed by atoms with van der Waals surface area (Å²) >= 11 is 1.34. The topological polar surface area (TPSA) is 78.9 Å². The minimum atomic E-state index is 0.200. The third kappa shape index (κ3) is 2.46. The zero-order valence-corrected chi connectivity index (χ0v) is 7.64. The second kappa shape index (κ2) is 4.01. The Balaban J connectivity index is 2.39.